The van der Waals surface area contributed by atoms with E-state index < -0.39 is 0 Å². The Morgan fingerprint density at radius 1 is 1.29 bits per heavy atom. The van der Waals surface area contributed by atoms with Crippen LogP contribution in [0.3, 0.4) is 0 Å². The lowest BCUT2D eigenvalue weighted by atomic mass is 9.86. The lowest BCUT2D eigenvalue weighted by Crippen LogP contribution is -2.45. The smallest absolute Gasteiger partial charge is 0.317 e. The molecular weight excluding hydrogens is 304 g/mol. The van der Waals surface area contributed by atoms with Crippen molar-refractivity contribution in [2.45, 2.75) is 38.1 Å². The van der Waals surface area contributed by atoms with Gasteiger partial charge in [0, 0.05) is 38.0 Å². The summed E-state index contributed by atoms with van der Waals surface area (Å²) in [6.07, 6.45) is 4.62. The number of para-hydroxylation sites is 1. The number of fused-ring (bicyclic) bond motifs is 1. The van der Waals surface area contributed by atoms with Crippen molar-refractivity contribution < 1.29 is 14.3 Å². The molecule has 1 saturated carbocycles. The fraction of sp³-hybridized carbons (Fsp3) is 0.526. The molecule has 0 radical (unpaired) electrons. The van der Waals surface area contributed by atoms with Crippen LogP contribution in [-0.2, 0) is 6.42 Å². The molecule has 0 unspecified atom stereocenters. The van der Waals surface area contributed by atoms with E-state index in [4.69, 9.17) is 4.42 Å². The standard InChI is InChI=1S/C19H26N2O3/c1-21(16-8-6-14(13-22)7-9-16)19(23)20-11-10-17-12-15-4-2-3-5-18(15)24-17/h2-5,12,14,16,22H,6-11,13H2,1H3,(H,20,23). The van der Waals surface area contributed by atoms with Crippen molar-refractivity contribution in [1.29, 1.82) is 0 Å². The summed E-state index contributed by atoms with van der Waals surface area (Å²) in [4.78, 5) is 14.1. The highest BCUT2D eigenvalue weighted by Gasteiger charge is 2.26. The molecule has 24 heavy (non-hydrogen) atoms. The SMILES string of the molecule is CN(C(=O)NCCc1cc2ccccc2o1)C1CCC(CO)CC1. The number of amides is 2. The molecule has 1 aliphatic carbocycles. The molecule has 1 aliphatic rings. The number of carbonyl (C=O) groups excluding carboxylic acids is 1. The number of carbonyl (C=O) groups is 1. The molecular formula is C19H26N2O3. The lowest BCUT2D eigenvalue weighted by Gasteiger charge is -2.34. The van der Waals surface area contributed by atoms with Crippen LogP contribution in [0.25, 0.3) is 11.0 Å². The van der Waals surface area contributed by atoms with Crippen molar-refractivity contribution >= 4 is 17.0 Å². The Kier molecular flexibility index (Phi) is 5.41. The first-order chi connectivity index (χ1) is 11.7. The highest BCUT2D eigenvalue weighted by Crippen LogP contribution is 2.26. The number of furan rings is 1. The molecule has 2 N–H and O–H groups in total. The predicted octanol–water partition coefficient (Wildman–Crippen LogP) is 3.17. The molecule has 0 atom stereocenters. The third-order valence-electron chi connectivity index (χ3n) is 5.07. The second kappa shape index (κ2) is 7.71. The second-order valence-electron chi connectivity index (χ2n) is 6.70. The van der Waals surface area contributed by atoms with Gasteiger partial charge in [0.05, 0.1) is 0 Å². The molecule has 1 heterocycles. The van der Waals surface area contributed by atoms with E-state index in [0.29, 0.717) is 18.9 Å². The van der Waals surface area contributed by atoms with Crippen molar-refractivity contribution in [1.82, 2.24) is 10.2 Å². The topological polar surface area (TPSA) is 65.7 Å². The quantitative estimate of drug-likeness (QED) is 0.885. The molecule has 3 rings (SSSR count). The molecule has 1 fully saturated rings. The number of urea groups is 1. The Morgan fingerprint density at radius 2 is 2.04 bits per heavy atom. The van der Waals surface area contributed by atoms with E-state index in [1.165, 1.54) is 0 Å². The molecule has 5 nitrogen and oxygen atoms in total. The third-order valence-corrected chi connectivity index (χ3v) is 5.07. The van der Waals surface area contributed by atoms with Gasteiger partial charge in [-0.1, -0.05) is 18.2 Å². The highest BCUT2D eigenvalue weighted by atomic mass is 16.3. The number of hydrogen-bond acceptors (Lipinski definition) is 3. The summed E-state index contributed by atoms with van der Waals surface area (Å²) >= 11 is 0. The number of rotatable bonds is 5. The number of hydrogen-bond donors (Lipinski definition) is 2. The first kappa shape index (κ1) is 16.8. The largest absolute Gasteiger partial charge is 0.461 e. The fourth-order valence-electron chi connectivity index (χ4n) is 3.46. The van der Waals surface area contributed by atoms with Crippen LogP contribution in [0.2, 0.25) is 0 Å². The zero-order chi connectivity index (χ0) is 16.9. The second-order valence-corrected chi connectivity index (χ2v) is 6.70. The van der Waals surface area contributed by atoms with Crippen molar-refractivity contribution in [2.75, 3.05) is 20.2 Å². The van der Waals surface area contributed by atoms with E-state index in [9.17, 15) is 9.90 Å². The molecule has 1 aromatic heterocycles. The minimum atomic E-state index is -0.0291. The van der Waals surface area contributed by atoms with Gasteiger partial charge in [-0.15, -0.1) is 0 Å². The third kappa shape index (κ3) is 3.90. The summed E-state index contributed by atoms with van der Waals surface area (Å²) in [5, 5.41) is 13.3. The van der Waals surface area contributed by atoms with E-state index in [1.54, 1.807) is 0 Å². The van der Waals surface area contributed by atoms with Crippen LogP contribution in [0.5, 0.6) is 0 Å². The zero-order valence-corrected chi connectivity index (χ0v) is 14.2. The van der Waals surface area contributed by atoms with Crippen LogP contribution in [-0.4, -0.2) is 42.3 Å². The number of aliphatic hydroxyl groups is 1. The van der Waals surface area contributed by atoms with Gasteiger partial charge in [-0.2, -0.15) is 0 Å². The van der Waals surface area contributed by atoms with Gasteiger partial charge in [0.15, 0.2) is 0 Å². The zero-order valence-electron chi connectivity index (χ0n) is 14.2. The number of nitrogens with zero attached hydrogens (tertiary/aromatic N) is 1. The molecule has 5 heteroatoms. The van der Waals surface area contributed by atoms with Crippen LogP contribution in [0.1, 0.15) is 31.4 Å². The Morgan fingerprint density at radius 3 is 2.75 bits per heavy atom. The fourth-order valence-corrected chi connectivity index (χ4v) is 3.46. The average molecular weight is 330 g/mol. The van der Waals surface area contributed by atoms with Gasteiger partial charge in [0.2, 0.25) is 0 Å². The minimum absolute atomic E-state index is 0.0291. The van der Waals surface area contributed by atoms with E-state index >= 15 is 0 Å². The molecule has 0 aliphatic heterocycles. The molecule has 2 aromatic rings. The summed E-state index contributed by atoms with van der Waals surface area (Å²) < 4.78 is 5.76. The Bertz CT molecular complexity index is 641. The van der Waals surface area contributed by atoms with E-state index in [1.807, 2.05) is 42.3 Å². The maximum Gasteiger partial charge on any atom is 0.317 e. The van der Waals surface area contributed by atoms with Gasteiger partial charge >= 0.3 is 6.03 Å². The maximum absolute atomic E-state index is 12.3. The van der Waals surface area contributed by atoms with Crippen molar-refractivity contribution in [3.63, 3.8) is 0 Å². The summed E-state index contributed by atoms with van der Waals surface area (Å²) in [5.41, 5.74) is 0.886. The predicted molar refractivity (Wildman–Crippen MR) is 93.9 cm³/mol. The number of benzene rings is 1. The normalized spacial score (nSPS) is 20.9. The van der Waals surface area contributed by atoms with Gasteiger partial charge in [0.1, 0.15) is 11.3 Å². The molecule has 130 valence electrons. The van der Waals surface area contributed by atoms with Gasteiger partial charge in [0.25, 0.3) is 0 Å². The summed E-state index contributed by atoms with van der Waals surface area (Å²) in [7, 11) is 1.86. The maximum atomic E-state index is 12.3. The van der Waals surface area contributed by atoms with Crippen molar-refractivity contribution in [3.8, 4) is 0 Å². The summed E-state index contributed by atoms with van der Waals surface area (Å²) in [6.45, 7) is 0.828. The van der Waals surface area contributed by atoms with E-state index in [0.717, 1.165) is 42.4 Å². The highest BCUT2D eigenvalue weighted by molar-refractivity contribution is 5.77. The van der Waals surface area contributed by atoms with E-state index in [2.05, 4.69) is 5.32 Å². The molecule has 0 saturated heterocycles. The molecule has 2 amide bonds. The van der Waals surface area contributed by atoms with Crippen molar-refractivity contribution in [3.05, 3.63) is 36.1 Å². The summed E-state index contributed by atoms with van der Waals surface area (Å²) in [6, 6.07) is 10.2. The molecule has 1 aromatic carbocycles. The monoisotopic (exact) mass is 330 g/mol. The van der Waals surface area contributed by atoms with Crippen LogP contribution < -0.4 is 5.32 Å². The lowest BCUT2D eigenvalue weighted by molar-refractivity contribution is 0.134. The van der Waals surface area contributed by atoms with Crippen molar-refractivity contribution in [2.24, 2.45) is 5.92 Å². The Labute approximate surface area is 142 Å². The Balaban J connectivity index is 1.45. The van der Waals surface area contributed by atoms with Gasteiger partial charge in [-0.3, -0.25) is 0 Å². The molecule has 0 bridgehead atoms. The molecule has 0 spiro atoms. The average Bonchev–Trinajstić information content (AvgIpc) is 3.03. The summed E-state index contributed by atoms with van der Waals surface area (Å²) in [5.74, 6) is 1.30. The van der Waals surface area contributed by atoms with Gasteiger partial charge in [-0.05, 0) is 43.7 Å². The first-order valence-corrected chi connectivity index (χ1v) is 8.76. The van der Waals surface area contributed by atoms with Gasteiger partial charge < -0.3 is 19.7 Å². The minimum Gasteiger partial charge on any atom is -0.461 e. The van der Waals surface area contributed by atoms with Crippen LogP contribution in [0.15, 0.2) is 34.7 Å². The Hall–Kier alpha value is -2.01. The number of nitrogens with one attached hydrogen (secondary N) is 1. The van der Waals surface area contributed by atoms with Crippen LogP contribution in [0.4, 0.5) is 4.79 Å². The van der Waals surface area contributed by atoms with E-state index in [-0.39, 0.29) is 18.7 Å². The first-order valence-electron chi connectivity index (χ1n) is 8.76. The number of aliphatic hydroxyl groups excluding tert-OH is 1. The van der Waals surface area contributed by atoms with Crippen LogP contribution in [0, 0.1) is 5.92 Å². The van der Waals surface area contributed by atoms with Crippen LogP contribution >= 0.6 is 0 Å². The van der Waals surface area contributed by atoms with Gasteiger partial charge in [-0.25, -0.2) is 4.79 Å².